The van der Waals surface area contributed by atoms with Crippen LogP contribution >= 0.6 is 0 Å². The number of hydrogen-bond acceptors (Lipinski definition) is 2. The number of carbonyl (C=O) groups is 1. The Balaban J connectivity index is 2.46. The molecule has 0 heterocycles. The third-order valence-electron chi connectivity index (χ3n) is 3.70. The molecule has 0 aromatic heterocycles. The predicted octanol–water partition coefficient (Wildman–Crippen LogP) is 2.08. The molecule has 2 unspecified atom stereocenters. The maximum absolute atomic E-state index is 13.5. The molecule has 2 N–H and O–H groups in total. The minimum atomic E-state index is -1.79. The van der Waals surface area contributed by atoms with Gasteiger partial charge in [-0.15, -0.1) is 0 Å². The van der Waals surface area contributed by atoms with Crippen molar-refractivity contribution in [2.24, 2.45) is 0 Å². The topological polar surface area (TPSA) is 57.5 Å². The van der Waals surface area contributed by atoms with Gasteiger partial charge in [0, 0.05) is 5.92 Å². The first-order chi connectivity index (χ1) is 8.00. The SMILES string of the molecule is CCC(O)(C(=O)O)C1CCc2c(F)cccc21. The smallest absolute Gasteiger partial charge is 0.336 e. The summed E-state index contributed by atoms with van der Waals surface area (Å²) in [7, 11) is 0. The maximum Gasteiger partial charge on any atom is 0.336 e. The molecule has 1 aromatic rings. The molecule has 2 rings (SSSR count). The fraction of sp³-hybridized carbons (Fsp3) is 0.462. The van der Waals surface area contributed by atoms with Crippen LogP contribution in [0.15, 0.2) is 18.2 Å². The minimum absolute atomic E-state index is 0.114. The zero-order chi connectivity index (χ0) is 12.6. The molecular formula is C13H15FO3. The molecule has 0 bridgehead atoms. The van der Waals surface area contributed by atoms with Crippen LogP contribution in [0.2, 0.25) is 0 Å². The first kappa shape index (κ1) is 12.0. The predicted molar refractivity (Wildman–Crippen MR) is 60.3 cm³/mol. The highest BCUT2D eigenvalue weighted by atomic mass is 19.1. The molecule has 0 amide bonds. The van der Waals surface area contributed by atoms with Crippen LogP contribution in [0.1, 0.15) is 36.8 Å². The number of benzene rings is 1. The Morgan fingerprint density at radius 2 is 2.29 bits per heavy atom. The summed E-state index contributed by atoms with van der Waals surface area (Å²) in [5.74, 6) is -2.06. The van der Waals surface area contributed by atoms with Crippen LogP contribution in [0.4, 0.5) is 4.39 Å². The van der Waals surface area contributed by atoms with Crippen molar-refractivity contribution < 1.29 is 19.4 Å². The van der Waals surface area contributed by atoms with Gasteiger partial charge in [-0.25, -0.2) is 9.18 Å². The van der Waals surface area contributed by atoms with Crippen molar-refractivity contribution in [1.29, 1.82) is 0 Å². The van der Waals surface area contributed by atoms with Crippen molar-refractivity contribution in [2.75, 3.05) is 0 Å². The summed E-state index contributed by atoms with van der Waals surface area (Å²) in [4.78, 5) is 11.2. The van der Waals surface area contributed by atoms with E-state index in [2.05, 4.69) is 0 Å². The van der Waals surface area contributed by atoms with E-state index in [9.17, 15) is 14.3 Å². The first-order valence-corrected chi connectivity index (χ1v) is 5.73. The number of aliphatic carboxylic acids is 1. The van der Waals surface area contributed by atoms with Gasteiger partial charge in [0.2, 0.25) is 0 Å². The van der Waals surface area contributed by atoms with Gasteiger partial charge in [-0.05, 0) is 36.5 Å². The normalized spacial score (nSPS) is 21.9. The lowest BCUT2D eigenvalue weighted by Gasteiger charge is -2.29. The number of carboxylic acid groups (broad SMARTS) is 1. The van der Waals surface area contributed by atoms with E-state index in [0.29, 0.717) is 24.0 Å². The number of rotatable bonds is 3. The Morgan fingerprint density at radius 3 is 2.88 bits per heavy atom. The van der Waals surface area contributed by atoms with E-state index in [1.54, 1.807) is 19.1 Å². The fourth-order valence-corrected chi connectivity index (χ4v) is 2.65. The van der Waals surface area contributed by atoms with E-state index in [1.165, 1.54) is 6.07 Å². The van der Waals surface area contributed by atoms with Gasteiger partial charge < -0.3 is 10.2 Å². The highest BCUT2D eigenvalue weighted by molar-refractivity contribution is 5.79. The third kappa shape index (κ3) is 1.72. The van der Waals surface area contributed by atoms with Crippen LogP contribution in [0.5, 0.6) is 0 Å². The van der Waals surface area contributed by atoms with Crippen molar-refractivity contribution in [3.05, 3.63) is 35.1 Å². The second-order valence-corrected chi connectivity index (χ2v) is 4.48. The summed E-state index contributed by atoms with van der Waals surface area (Å²) in [5, 5.41) is 19.4. The lowest BCUT2D eigenvalue weighted by atomic mass is 9.81. The Kier molecular flexibility index (Phi) is 2.91. The van der Waals surface area contributed by atoms with Crippen LogP contribution in [0, 0.1) is 5.82 Å². The van der Waals surface area contributed by atoms with Gasteiger partial charge in [0.25, 0.3) is 0 Å². The molecule has 0 fully saturated rings. The number of carboxylic acids is 1. The Labute approximate surface area is 98.9 Å². The second-order valence-electron chi connectivity index (χ2n) is 4.48. The quantitative estimate of drug-likeness (QED) is 0.847. The van der Waals surface area contributed by atoms with Crippen molar-refractivity contribution in [3.8, 4) is 0 Å². The van der Waals surface area contributed by atoms with Gasteiger partial charge in [0.1, 0.15) is 5.82 Å². The summed E-state index contributed by atoms with van der Waals surface area (Å²) in [6.45, 7) is 1.63. The summed E-state index contributed by atoms with van der Waals surface area (Å²) in [6, 6.07) is 4.64. The van der Waals surface area contributed by atoms with E-state index >= 15 is 0 Å². The third-order valence-corrected chi connectivity index (χ3v) is 3.70. The van der Waals surface area contributed by atoms with Gasteiger partial charge in [-0.2, -0.15) is 0 Å². The largest absolute Gasteiger partial charge is 0.479 e. The van der Waals surface area contributed by atoms with Gasteiger partial charge in [0.05, 0.1) is 0 Å². The molecule has 2 atom stereocenters. The van der Waals surface area contributed by atoms with Crippen LogP contribution in [-0.4, -0.2) is 21.8 Å². The zero-order valence-electron chi connectivity index (χ0n) is 9.61. The van der Waals surface area contributed by atoms with Gasteiger partial charge in [0.15, 0.2) is 5.60 Å². The molecule has 1 aliphatic rings. The summed E-state index contributed by atoms with van der Waals surface area (Å²) in [6.07, 6.45) is 1.08. The highest BCUT2D eigenvalue weighted by Crippen LogP contribution is 2.42. The highest BCUT2D eigenvalue weighted by Gasteiger charge is 2.46. The Hall–Kier alpha value is -1.42. The summed E-state index contributed by atoms with van der Waals surface area (Å²) < 4.78 is 13.5. The first-order valence-electron chi connectivity index (χ1n) is 5.73. The van der Waals surface area contributed by atoms with Crippen molar-refractivity contribution in [1.82, 2.24) is 0 Å². The molecule has 0 radical (unpaired) electrons. The molecule has 0 spiro atoms. The van der Waals surface area contributed by atoms with E-state index < -0.39 is 17.5 Å². The molecule has 92 valence electrons. The van der Waals surface area contributed by atoms with Crippen molar-refractivity contribution >= 4 is 5.97 Å². The number of halogens is 1. The second kappa shape index (κ2) is 4.11. The zero-order valence-corrected chi connectivity index (χ0v) is 9.61. The lowest BCUT2D eigenvalue weighted by Crippen LogP contribution is -2.43. The molecule has 0 aliphatic heterocycles. The number of aliphatic hydroxyl groups is 1. The van der Waals surface area contributed by atoms with Crippen LogP contribution in [0.25, 0.3) is 0 Å². The monoisotopic (exact) mass is 238 g/mol. The molecule has 4 heteroatoms. The average Bonchev–Trinajstić information content (AvgIpc) is 2.73. The molecule has 0 saturated heterocycles. The van der Waals surface area contributed by atoms with Crippen molar-refractivity contribution in [2.45, 2.75) is 37.7 Å². The average molecular weight is 238 g/mol. The molecule has 1 aliphatic carbocycles. The van der Waals surface area contributed by atoms with E-state index in [4.69, 9.17) is 5.11 Å². The maximum atomic E-state index is 13.5. The fourth-order valence-electron chi connectivity index (χ4n) is 2.65. The summed E-state index contributed by atoms with van der Waals surface area (Å²) >= 11 is 0. The van der Waals surface area contributed by atoms with E-state index in [0.717, 1.165) is 0 Å². The van der Waals surface area contributed by atoms with Crippen LogP contribution in [0.3, 0.4) is 0 Å². The number of fused-ring (bicyclic) bond motifs is 1. The van der Waals surface area contributed by atoms with Crippen LogP contribution < -0.4 is 0 Å². The standard InChI is InChI=1S/C13H15FO3/c1-2-13(17,12(15)16)10-7-6-9-8(10)4-3-5-11(9)14/h3-5,10,17H,2,6-7H2,1H3,(H,15,16). The Morgan fingerprint density at radius 1 is 1.59 bits per heavy atom. The summed E-state index contributed by atoms with van der Waals surface area (Å²) in [5.41, 5.74) is -0.610. The van der Waals surface area contributed by atoms with E-state index in [-0.39, 0.29) is 12.2 Å². The molecule has 17 heavy (non-hydrogen) atoms. The Bertz CT molecular complexity index is 458. The molecule has 3 nitrogen and oxygen atoms in total. The molecule has 1 aromatic carbocycles. The van der Waals surface area contributed by atoms with Crippen LogP contribution in [-0.2, 0) is 11.2 Å². The number of hydrogen-bond donors (Lipinski definition) is 2. The van der Waals surface area contributed by atoms with E-state index in [1.807, 2.05) is 0 Å². The minimum Gasteiger partial charge on any atom is -0.479 e. The van der Waals surface area contributed by atoms with Gasteiger partial charge in [-0.1, -0.05) is 19.1 Å². The van der Waals surface area contributed by atoms with Crippen molar-refractivity contribution in [3.63, 3.8) is 0 Å². The van der Waals surface area contributed by atoms with Gasteiger partial charge >= 0.3 is 5.97 Å². The lowest BCUT2D eigenvalue weighted by molar-refractivity contribution is -0.161. The van der Waals surface area contributed by atoms with Gasteiger partial charge in [-0.3, -0.25) is 0 Å². The molecule has 0 saturated carbocycles. The molecular weight excluding hydrogens is 223 g/mol.